The van der Waals surface area contributed by atoms with Crippen molar-refractivity contribution in [1.82, 2.24) is 14.9 Å². The number of thioether (sulfide) groups is 1. The third kappa shape index (κ3) is 2.45. The highest BCUT2D eigenvalue weighted by atomic mass is 32.2. The van der Waals surface area contributed by atoms with Crippen LogP contribution in [-0.2, 0) is 5.75 Å². The molecule has 3 aromatic rings. The second-order valence-electron chi connectivity index (χ2n) is 4.14. The number of rotatable bonds is 4. The van der Waals surface area contributed by atoms with Gasteiger partial charge in [0.2, 0.25) is 5.16 Å². The number of hydrogen-bond donors (Lipinski definition) is 2. The number of hydrogen-bond acceptors (Lipinski definition) is 6. The number of nitrogen functional groups attached to an aromatic ring is 1. The fraction of sp³-hybridized carbons (Fsp3) is 0.0833. The molecule has 0 spiro atoms. The van der Waals surface area contributed by atoms with Gasteiger partial charge >= 0.3 is 5.97 Å². The maximum Gasteiger partial charge on any atom is 0.346 e. The average molecular weight is 324 g/mol. The van der Waals surface area contributed by atoms with Crippen molar-refractivity contribution in [3.63, 3.8) is 0 Å². The fourth-order valence-electron chi connectivity index (χ4n) is 1.95. The van der Waals surface area contributed by atoms with Gasteiger partial charge in [0.15, 0.2) is 0 Å². The number of carbonyl (C=O) groups is 1. The Morgan fingerprint density at radius 3 is 3.00 bits per heavy atom. The first-order chi connectivity index (χ1) is 10.1. The predicted molar refractivity (Wildman–Crippen MR) is 78.5 cm³/mol. The monoisotopic (exact) mass is 324 g/mol. The van der Waals surface area contributed by atoms with Crippen molar-refractivity contribution in [2.45, 2.75) is 10.9 Å². The molecule has 0 radical (unpaired) electrons. The van der Waals surface area contributed by atoms with Gasteiger partial charge in [-0.25, -0.2) is 13.9 Å². The number of aromatic nitrogens is 3. The van der Waals surface area contributed by atoms with Gasteiger partial charge in [0, 0.05) is 15.8 Å². The molecule has 3 rings (SSSR count). The Morgan fingerprint density at radius 1 is 1.52 bits per heavy atom. The lowest BCUT2D eigenvalue weighted by molar-refractivity contribution is 0.0701. The number of halogens is 1. The molecule has 1 aromatic carbocycles. The zero-order chi connectivity index (χ0) is 15.0. The van der Waals surface area contributed by atoms with E-state index in [4.69, 9.17) is 5.84 Å². The number of aromatic carboxylic acids is 1. The van der Waals surface area contributed by atoms with Gasteiger partial charge in [0.1, 0.15) is 17.0 Å². The SMILES string of the molecule is Nn1cnnc1SCc1c(C(=O)O)sc2cccc(F)c12. The molecule has 0 unspecified atom stereocenters. The van der Waals surface area contributed by atoms with Crippen molar-refractivity contribution in [2.75, 3.05) is 5.84 Å². The van der Waals surface area contributed by atoms with Crippen LogP contribution in [0, 0.1) is 5.82 Å². The zero-order valence-corrected chi connectivity index (χ0v) is 12.1. The average Bonchev–Trinajstić information content (AvgIpc) is 3.01. The Hall–Kier alpha value is -2.13. The molecule has 108 valence electrons. The summed E-state index contributed by atoms with van der Waals surface area (Å²) in [5.41, 5.74) is 0.439. The Bertz CT molecular complexity index is 830. The summed E-state index contributed by atoms with van der Waals surface area (Å²) in [6.07, 6.45) is 1.34. The standard InChI is InChI=1S/C12H9FN4O2S2/c13-7-2-1-3-8-9(7)6(10(21-8)11(18)19)4-20-12-16-15-5-17(12)14/h1-3,5H,4,14H2,(H,18,19). The predicted octanol–water partition coefficient (Wildman–Crippen LogP) is 2.34. The first-order valence-corrected chi connectivity index (χ1v) is 7.59. The van der Waals surface area contributed by atoms with E-state index in [-0.39, 0.29) is 10.6 Å². The molecule has 0 aliphatic heterocycles. The molecule has 9 heteroatoms. The van der Waals surface area contributed by atoms with E-state index in [1.165, 1.54) is 28.8 Å². The summed E-state index contributed by atoms with van der Waals surface area (Å²) < 4.78 is 15.9. The summed E-state index contributed by atoms with van der Waals surface area (Å²) >= 11 is 2.27. The third-order valence-electron chi connectivity index (χ3n) is 2.84. The summed E-state index contributed by atoms with van der Waals surface area (Å²) in [7, 11) is 0. The molecule has 3 N–H and O–H groups in total. The zero-order valence-electron chi connectivity index (χ0n) is 10.5. The number of fused-ring (bicyclic) bond motifs is 1. The van der Waals surface area contributed by atoms with Crippen LogP contribution in [-0.4, -0.2) is 25.9 Å². The Labute approximate surface area is 126 Å². The largest absolute Gasteiger partial charge is 0.477 e. The van der Waals surface area contributed by atoms with Gasteiger partial charge in [-0.15, -0.1) is 21.5 Å². The summed E-state index contributed by atoms with van der Waals surface area (Å²) in [6, 6.07) is 4.59. The number of carboxylic acids is 1. The molecular weight excluding hydrogens is 315 g/mol. The van der Waals surface area contributed by atoms with Crippen LogP contribution < -0.4 is 5.84 Å². The van der Waals surface area contributed by atoms with Gasteiger partial charge in [-0.05, 0) is 17.7 Å². The van der Waals surface area contributed by atoms with Crippen LogP contribution in [0.2, 0.25) is 0 Å². The van der Waals surface area contributed by atoms with Crippen LogP contribution in [0.15, 0.2) is 29.7 Å². The van der Waals surface area contributed by atoms with E-state index in [2.05, 4.69) is 10.2 Å². The number of carboxylic acid groups (broad SMARTS) is 1. The lowest BCUT2D eigenvalue weighted by atomic mass is 10.1. The van der Waals surface area contributed by atoms with Crippen LogP contribution in [0.3, 0.4) is 0 Å². The summed E-state index contributed by atoms with van der Waals surface area (Å²) in [5.74, 6) is 4.35. The van der Waals surface area contributed by atoms with Crippen molar-refractivity contribution in [1.29, 1.82) is 0 Å². The molecule has 2 aromatic heterocycles. The van der Waals surface area contributed by atoms with E-state index in [0.717, 1.165) is 11.3 Å². The minimum atomic E-state index is -1.07. The summed E-state index contributed by atoms with van der Waals surface area (Å²) in [4.78, 5) is 11.5. The Morgan fingerprint density at radius 2 is 2.33 bits per heavy atom. The number of thiophene rings is 1. The van der Waals surface area contributed by atoms with Crippen LogP contribution in [0.4, 0.5) is 4.39 Å². The fourth-order valence-corrected chi connectivity index (χ4v) is 3.98. The molecule has 21 heavy (non-hydrogen) atoms. The molecule has 6 nitrogen and oxygen atoms in total. The van der Waals surface area contributed by atoms with E-state index >= 15 is 0 Å². The van der Waals surface area contributed by atoms with E-state index in [1.54, 1.807) is 12.1 Å². The number of benzene rings is 1. The van der Waals surface area contributed by atoms with E-state index < -0.39 is 11.8 Å². The lowest BCUT2D eigenvalue weighted by Crippen LogP contribution is -2.07. The van der Waals surface area contributed by atoms with Crippen molar-refractivity contribution in [3.05, 3.63) is 40.8 Å². The maximum atomic E-state index is 14.0. The maximum absolute atomic E-state index is 14.0. The van der Waals surface area contributed by atoms with Gasteiger partial charge in [-0.3, -0.25) is 0 Å². The van der Waals surface area contributed by atoms with E-state index in [1.807, 2.05) is 0 Å². The van der Waals surface area contributed by atoms with Gasteiger partial charge in [-0.1, -0.05) is 17.8 Å². The van der Waals surface area contributed by atoms with Crippen LogP contribution in [0.25, 0.3) is 10.1 Å². The molecule has 2 heterocycles. The molecule has 0 fully saturated rings. The first kappa shape index (κ1) is 13.8. The molecular formula is C12H9FN4O2S2. The minimum Gasteiger partial charge on any atom is -0.477 e. The Kier molecular flexibility index (Phi) is 3.52. The van der Waals surface area contributed by atoms with Crippen molar-refractivity contribution in [3.8, 4) is 0 Å². The van der Waals surface area contributed by atoms with Crippen LogP contribution >= 0.6 is 23.1 Å². The van der Waals surface area contributed by atoms with Crippen molar-refractivity contribution in [2.24, 2.45) is 0 Å². The lowest BCUT2D eigenvalue weighted by Gasteiger charge is -2.02. The highest BCUT2D eigenvalue weighted by Crippen LogP contribution is 2.36. The minimum absolute atomic E-state index is 0.130. The summed E-state index contributed by atoms with van der Waals surface area (Å²) in [5, 5.41) is 17.5. The van der Waals surface area contributed by atoms with Crippen LogP contribution in [0.1, 0.15) is 15.2 Å². The van der Waals surface area contributed by atoms with Gasteiger partial charge in [-0.2, -0.15) is 0 Å². The molecule has 0 atom stereocenters. The quantitative estimate of drug-likeness (QED) is 0.565. The normalized spacial score (nSPS) is 11.1. The highest BCUT2D eigenvalue weighted by Gasteiger charge is 2.20. The van der Waals surface area contributed by atoms with Gasteiger partial charge in [0.25, 0.3) is 0 Å². The molecule has 0 saturated heterocycles. The smallest absolute Gasteiger partial charge is 0.346 e. The molecule has 0 aliphatic carbocycles. The van der Waals surface area contributed by atoms with Crippen molar-refractivity contribution < 1.29 is 14.3 Å². The van der Waals surface area contributed by atoms with Gasteiger partial charge < -0.3 is 10.9 Å². The highest BCUT2D eigenvalue weighted by molar-refractivity contribution is 7.98. The van der Waals surface area contributed by atoms with E-state index in [0.29, 0.717) is 20.8 Å². The van der Waals surface area contributed by atoms with Crippen LogP contribution in [0.5, 0.6) is 0 Å². The summed E-state index contributed by atoms with van der Waals surface area (Å²) in [6.45, 7) is 0. The topological polar surface area (TPSA) is 94.0 Å². The third-order valence-corrected chi connectivity index (χ3v) is 5.01. The van der Waals surface area contributed by atoms with Gasteiger partial charge in [0.05, 0.1) is 0 Å². The molecule has 0 aliphatic rings. The second-order valence-corrected chi connectivity index (χ2v) is 6.13. The number of nitrogens with zero attached hydrogens (tertiary/aromatic N) is 3. The van der Waals surface area contributed by atoms with E-state index in [9.17, 15) is 14.3 Å². The molecule has 0 saturated carbocycles. The van der Waals surface area contributed by atoms with Crippen molar-refractivity contribution >= 4 is 39.2 Å². The first-order valence-electron chi connectivity index (χ1n) is 5.79. The molecule has 0 bridgehead atoms. The second kappa shape index (κ2) is 5.34. The molecule has 0 amide bonds. The Balaban J connectivity index is 2.05. The number of nitrogens with two attached hydrogens (primary N) is 1.